The molecule has 0 saturated heterocycles. The van der Waals surface area contributed by atoms with E-state index in [4.69, 9.17) is 0 Å². The Morgan fingerprint density at radius 2 is 1.17 bits per heavy atom. The van der Waals surface area contributed by atoms with E-state index in [-0.39, 0.29) is 0 Å². The van der Waals surface area contributed by atoms with Gasteiger partial charge < -0.3 is 0 Å². The summed E-state index contributed by atoms with van der Waals surface area (Å²) in [4.78, 5) is 0. The first kappa shape index (κ1) is 17.7. The average Bonchev–Trinajstić information content (AvgIpc) is 2.77. The number of hydrogen-bond donors (Lipinski definition) is 0. The standard InChI is InChI=1S/C29H24/c1-20(2)27-25-16-10-9-15-23(25)19-24-17-18-26(21-11-5-3-6-12-21)28(29(24)27)22-13-7-4-8-14-22/h3-20H,1-2H3. The number of rotatable bonds is 3. The van der Waals surface area contributed by atoms with Crippen LogP contribution in [0.5, 0.6) is 0 Å². The lowest BCUT2D eigenvalue weighted by Gasteiger charge is -2.21. The van der Waals surface area contributed by atoms with Crippen LogP contribution in [-0.4, -0.2) is 0 Å². The summed E-state index contributed by atoms with van der Waals surface area (Å²) >= 11 is 0. The lowest BCUT2D eigenvalue weighted by molar-refractivity contribution is 0.885. The summed E-state index contributed by atoms with van der Waals surface area (Å²) in [5, 5.41) is 5.37. The maximum atomic E-state index is 2.34. The highest BCUT2D eigenvalue weighted by molar-refractivity contribution is 6.12. The summed E-state index contributed by atoms with van der Waals surface area (Å²) in [5.74, 6) is 0.428. The molecule has 0 amide bonds. The van der Waals surface area contributed by atoms with Crippen molar-refractivity contribution in [2.45, 2.75) is 19.8 Å². The smallest absolute Gasteiger partial charge is 0.00237 e. The first-order valence-electron chi connectivity index (χ1n) is 10.3. The van der Waals surface area contributed by atoms with Crippen LogP contribution < -0.4 is 0 Å². The minimum absolute atomic E-state index is 0.428. The van der Waals surface area contributed by atoms with Gasteiger partial charge in [0.2, 0.25) is 0 Å². The van der Waals surface area contributed by atoms with Gasteiger partial charge in [0, 0.05) is 0 Å². The molecule has 0 aliphatic carbocycles. The highest BCUT2D eigenvalue weighted by atomic mass is 14.2. The van der Waals surface area contributed by atoms with Gasteiger partial charge in [0.25, 0.3) is 0 Å². The second-order valence-electron chi connectivity index (χ2n) is 7.98. The molecule has 0 aromatic heterocycles. The van der Waals surface area contributed by atoms with E-state index in [0.717, 1.165) is 0 Å². The van der Waals surface area contributed by atoms with Crippen LogP contribution in [0.25, 0.3) is 43.8 Å². The van der Waals surface area contributed by atoms with Crippen LogP contribution in [0.3, 0.4) is 0 Å². The molecule has 0 heterocycles. The Labute approximate surface area is 172 Å². The Morgan fingerprint density at radius 3 is 1.86 bits per heavy atom. The Kier molecular flexibility index (Phi) is 4.41. The number of benzene rings is 5. The molecule has 0 spiro atoms. The van der Waals surface area contributed by atoms with Crippen LogP contribution >= 0.6 is 0 Å². The Bertz CT molecular complexity index is 1300. The van der Waals surface area contributed by atoms with Crippen molar-refractivity contribution in [3.63, 3.8) is 0 Å². The van der Waals surface area contributed by atoms with Gasteiger partial charge in [-0.25, -0.2) is 0 Å². The van der Waals surface area contributed by atoms with Crippen molar-refractivity contribution in [1.82, 2.24) is 0 Å². The maximum absolute atomic E-state index is 2.34. The quantitative estimate of drug-likeness (QED) is 0.279. The molecule has 0 nitrogen and oxygen atoms in total. The van der Waals surface area contributed by atoms with Crippen molar-refractivity contribution in [2.75, 3.05) is 0 Å². The Hall–Kier alpha value is -3.38. The Balaban J connectivity index is 2.01. The molecule has 5 aromatic carbocycles. The van der Waals surface area contributed by atoms with Gasteiger partial charge in [0.1, 0.15) is 0 Å². The second-order valence-corrected chi connectivity index (χ2v) is 7.98. The van der Waals surface area contributed by atoms with Crippen LogP contribution in [0.4, 0.5) is 0 Å². The molecule has 0 heteroatoms. The molecule has 5 aromatic rings. The molecule has 5 rings (SSSR count). The SMILES string of the molecule is CC(C)c1c2ccccc2cc2ccc(-c3ccccc3)c(-c3ccccc3)c12. The summed E-state index contributed by atoms with van der Waals surface area (Å²) in [6.45, 7) is 4.62. The monoisotopic (exact) mass is 372 g/mol. The van der Waals surface area contributed by atoms with E-state index in [9.17, 15) is 0 Å². The van der Waals surface area contributed by atoms with Gasteiger partial charge in [0.05, 0.1) is 0 Å². The van der Waals surface area contributed by atoms with E-state index in [0.29, 0.717) is 5.92 Å². The molecule has 0 radical (unpaired) electrons. The normalized spacial score (nSPS) is 11.4. The van der Waals surface area contributed by atoms with E-state index in [1.165, 1.54) is 49.4 Å². The van der Waals surface area contributed by atoms with Gasteiger partial charge in [-0.3, -0.25) is 0 Å². The molecule has 0 N–H and O–H groups in total. The average molecular weight is 373 g/mol. The van der Waals surface area contributed by atoms with Crippen molar-refractivity contribution in [3.8, 4) is 22.3 Å². The van der Waals surface area contributed by atoms with E-state index >= 15 is 0 Å². The molecule has 0 bridgehead atoms. The van der Waals surface area contributed by atoms with Crippen molar-refractivity contribution in [1.29, 1.82) is 0 Å². The molecule has 140 valence electrons. The number of hydrogen-bond acceptors (Lipinski definition) is 0. The molecule has 0 aliphatic rings. The third-order valence-electron chi connectivity index (χ3n) is 5.79. The lowest BCUT2D eigenvalue weighted by Crippen LogP contribution is -1.96. The third kappa shape index (κ3) is 3.02. The predicted molar refractivity (Wildman–Crippen MR) is 126 cm³/mol. The van der Waals surface area contributed by atoms with Gasteiger partial charge in [-0.2, -0.15) is 0 Å². The zero-order valence-electron chi connectivity index (χ0n) is 16.9. The van der Waals surface area contributed by atoms with E-state index < -0.39 is 0 Å². The summed E-state index contributed by atoms with van der Waals surface area (Å²) < 4.78 is 0. The highest BCUT2D eigenvalue weighted by Crippen LogP contribution is 2.43. The van der Waals surface area contributed by atoms with Crippen molar-refractivity contribution in [2.24, 2.45) is 0 Å². The fourth-order valence-electron chi connectivity index (χ4n) is 4.56. The molecule has 0 aliphatic heterocycles. The van der Waals surface area contributed by atoms with Crippen LogP contribution in [0.1, 0.15) is 25.3 Å². The largest absolute Gasteiger partial charge is 0.0622 e. The summed E-state index contributed by atoms with van der Waals surface area (Å²) in [7, 11) is 0. The highest BCUT2D eigenvalue weighted by Gasteiger charge is 2.18. The van der Waals surface area contributed by atoms with Crippen LogP contribution in [-0.2, 0) is 0 Å². The summed E-state index contributed by atoms with van der Waals surface area (Å²) in [6, 6.07) is 37.3. The summed E-state index contributed by atoms with van der Waals surface area (Å²) in [5.41, 5.74) is 6.60. The van der Waals surface area contributed by atoms with Gasteiger partial charge in [-0.05, 0) is 61.3 Å². The van der Waals surface area contributed by atoms with Crippen LogP contribution in [0, 0.1) is 0 Å². The molecule has 29 heavy (non-hydrogen) atoms. The molecule has 0 unspecified atom stereocenters. The first-order valence-corrected chi connectivity index (χ1v) is 10.3. The summed E-state index contributed by atoms with van der Waals surface area (Å²) in [6.07, 6.45) is 0. The van der Waals surface area contributed by atoms with E-state index in [1.807, 2.05) is 0 Å². The minimum atomic E-state index is 0.428. The molecule has 0 atom stereocenters. The molecule has 0 saturated carbocycles. The third-order valence-corrected chi connectivity index (χ3v) is 5.79. The fraction of sp³-hybridized carbons (Fsp3) is 0.103. The van der Waals surface area contributed by atoms with E-state index in [1.54, 1.807) is 0 Å². The molecule has 0 fully saturated rings. The van der Waals surface area contributed by atoms with Gasteiger partial charge in [0.15, 0.2) is 0 Å². The Morgan fingerprint density at radius 1 is 0.552 bits per heavy atom. The lowest BCUT2D eigenvalue weighted by atomic mass is 9.83. The van der Waals surface area contributed by atoms with Gasteiger partial charge in [-0.15, -0.1) is 0 Å². The fourth-order valence-corrected chi connectivity index (χ4v) is 4.56. The zero-order chi connectivity index (χ0) is 19.8. The number of fused-ring (bicyclic) bond motifs is 2. The van der Waals surface area contributed by atoms with Crippen molar-refractivity contribution < 1.29 is 0 Å². The maximum Gasteiger partial charge on any atom is -0.00237 e. The molecular weight excluding hydrogens is 348 g/mol. The topological polar surface area (TPSA) is 0 Å². The van der Waals surface area contributed by atoms with Gasteiger partial charge >= 0.3 is 0 Å². The van der Waals surface area contributed by atoms with Gasteiger partial charge in [-0.1, -0.05) is 111 Å². The minimum Gasteiger partial charge on any atom is -0.0622 e. The van der Waals surface area contributed by atoms with Crippen LogP contribution in [0.2, 0.25) is 0 Å². The second kappa shape index (κ2) is 7.22. The zero-order valence-corrected chi connectivity index (χ0v) is 16.9. The van der Waals surface area contributed by atoms with Crippen molar-refractivity contribution >= 4 is 21.5 Å². The van der Waals surface area contributed by atoms with Crippen LogP contribution in [0.15, 0.2) is 103 Å². The van der Waals surface area contributed by atoms with Crippen molar-refractivity contribution in [3.05, 3.63) is 109 Å². The van der Waals surface area contributed by atoms with E-state index in [2.05, 4.69) is 117 Å². The first-order chi connectivity index (χ1) is 14.2. The predicted octanol–water partition coefficient (Wildman–Crippen LogP) is 8.45. The molecular formula is C29H24.